The lowest BCUT2D eigenvalue weighted by atomic mass is 10.2. The summed E-state index contributed by atoms with van der Waals surface area (Å²) in [6.07, 6.45) is 4.97. The van der Waals surface area contributed by atoms with Gasteiger partial charge in [0.15, 0.2) is 5.69 Å². The van der Waals surface area contributed by atoms with Crippen molar-refractivity contribution in [1.29, 1.82) is 0 Å². The standard InChI is InChI=1S/C14H10BrN3O2/c1-8-5-11-17-12(9-3-2-4-16-6-9)13(14(19)20)18(11)7-10(8)15/h2-7H,1H3,(H,19,20). The second-order valence-corrected chi connectivity index (χ2v) is 5.24. The molecule has 0 spiro atoms. The number of aryl methyl sites for hydroxylation is 1. The summed E-state index contributed by atoms with van der Waals surface area (Å²) in [7, 11) is 0. The van der Waals surface area contributed by atoms with Crippen LogP contribution in [-0.4, -0.2) is 25.4 Å². The number of aromatic carboxylic acids is 1. The van der Waals surface area contributed by atoms with Crippen LogP contribution in [0, 0.1) is 6.92 Å². The average molecular weight is 332 g/mol. The Balaban J connectivity index is 2.38. The second kappa shape index (κ2) is 4.72. The SMILES string of the molecule is Cc1cc2nc(-c3cccnc3)c(C(=O)O)n2cc1Br. The largest absolute Gasteiger partial charge is 0.476 e. The van der Waals surface area contributed by atoms with Crippen molar-refractivity contribution in [1.82, 2.24) is 14.4 Å². The first kappa shape index (κ1) is 12.8. The molecular formula is C14H10BrN3O2. The minimum atomic E-state index is -1.02. The number of pyridine rings is 2. The van der Waals surface area contributed by atoms with Crippen LogP contribution >= 0.6 is 15.9 Å². The van der Waals surface area contributed by atoms with Crippen molar-refractivity contribution >= 4 is 27.5 Å². The summed E-state index contributed by atoms with van der Waals surface area (Å²) < 4.78 is 2.41. The Morgan fingerprint density at radius 1 is 1.45 bits per heavy atom. The van der Waals surface area contributed by atoms with Crippen LogP contribution in [0.25, 0.3) is 16.9 Å². The molecule has 3 aromatic rings. The smallest absolute Gasteiger partial charge is 0.355 e. The zero-order valence-corrected chi connectivity index (χ0v) is 12.1. The first-order valence-corrected chi connectivity index (χ1v) is 6.69. The molecule has 0 amide bonds. The lowest BCUT2D eigenvalue weighted by molar-refractivity contribution is 0.0690. The summed E-state index contributed by atoms with van der Waals surface area (Å²) in [5.41, 5.74) is 2.83. The van der Waals surface area contributed by atoms with Crippen molar-refractivity contribution in [3.63, 3.8) is 0 Å². The minimum absolute atomic E-state index is 0.133. The number of halogens is 1. The Bertz CT molecular complexity index is 812. The third-order valence-electron chi connectivity index (χ3n) is 3.04. The summed E-state index contributed by atoms with van der Waals surface area (Å²) in [5, 5.41) is 9.48. The molecule has 0 saturated carbocycles. The van der Waals surface area contributed by atoms with Crippen LogP contribution in [0.15, 0.2) is 41.3 Å². The monoisotopic (exact) mass is 331 g/mol. The van der Waals surface area contributed by atoms with E-state index in [1.54, 1.807) is 35.1 Å². The molecule has 0 bridgehead atoms. The predicted molar refractivity (Wildman–Crippen MR) is 77.8 cm³/mol. The number of carboxylic acids is 1. The topological polar surface area (TPSA) is 67.5 Å². The third kappa shape index (κ3) is 1.98. The highest BCUT2D eigenvalue weighted by molar-refractivity contribution is 9.10. The third-order valence-corrected chi connectivity index (χ3v) is 3.87. The number of aromatic nitrogens is 3. The zero-order valence-electron chi connectivity index (χ0n) is 10.5. The summed E-state index contributed by atoms with van der Waals surface area (Å²) in [6, 6.07) is 5.39. The van der Waals surface area contributed by atoms with Gasteiger partial charge in [0.1, 0.15) is 11.3 Å². The number of fused-ring (bicyclic) bond motifs is 1. The van der Waals surface area contributed by atoms with Crippen LogP contribution in [-0.2, 0) is 0 Å². The zero-order chi connectivity index (χ0) is 14.3. The van der Waals surface area contributed by atoms with Crippen molar-refractivity contribution in [3.8, 4) is 11.3 Å². The molecule has 6 heteroatoms. The minimum Gasteiger partial charge on any atom is -0.476 e. The van der Waals surface area contributed by atoms with Gasteiger partial charge in [0, 0.05) is 28.6 Å². The summed E-state index contributed by atoms with van der Waals surface area (Å²) >= 11 is 3.41. The van der Waals surface area contributed by atoms with Crippen LogP contribution in [0.3, 0.4) is 0 Å². The van der Waals surface area contributed by atoms with E-state index in [-0.39, 0.29) is 5.69 Å². The van der Waals surface area contributed by atoms with Gasteiger partial charge in [-0.2, -0.15) is 0 Å². The fourth-order valence-corrected chi connectivity index (χ4v) is 2.39. The van der Waals surface area contributed by atoms with Crippen molar-refractivity contribution < 1.29 is 9.90 Å². The van der Waals surface area contributed by atoms with Crippen LogP contribution in [0.5, 0.6) is 0 Å². The van der Waals surface area contributed by atoms with E-state index in [1.807, 2.05) is 13.0 Å². The molecule has 0 aliphatic heterocycles. The van der Waals surface area contributed by atoms with E-state index in [0.29, 0.717) is 16.9 Å². The molecule has 0 aliphatic rings. The lowest BCUT2D eigenvalue weighted by Gasteiger charge is -2.02. The van der Waals surface area contributed by atoms with Gasteiger partial charge >= 0.3 is 5.97 Å². The number of carboxylic acid groups (broad SMARTS) is 1. The maximum absolute atomic E-state index is 11.6. The molecule has 0 aromatic carbocycles. The number of nitrogens with zero attached hydrogens (tertiary/aromatic N) is 3. The maximum Gasteiger partial charge on any atom is 0.355 e. The van der Waals surface area contributed by atoms with Crippen molar-refractivity contribution in [2.75, 3.05) is 0 Å². The number of hydrogen-bond donors (Lipinski definition) is 1. The Kier molecular flexibility index (Phi) is 3.02. The van der Waals surface area contributed by atoms with Crippen LogP contribution in [0.1, 0.15) is 16.1 Å². The van der Waals surface area contributed by atoms with Gasteiger partial charge in [-0.25, -0.2) is 9.78 Å². The predicted octanol–water partition coefficient (Wildman–Crippen LogP) is 3.17. The molecule has 3 rings (SSSR count). The van der Waals surface area contributed by atoms with Crippen molar-refractivity contribution in [2.24, 2.45) is 0 Å². The number of carbonyl (C=O) groups is 1. The first-order chi connectivity index (χ1) is 9.58. The van der Waals surface area contributed by atoms with Gasteiger partial charge in [-0.05, 0) is 46.6 Å². The van der Waals surface area contributed by atoms with E-state index in [9.17, 15) is 9.90 Å². The van der Waals surface area contributed by atoms with E-state index in [0.717, 1.165) is 10.0 Å². The quantitative estimate of drug-likeness (QED) is 0.783. The lowest BCUT2D eigenvalue weighted by Crippen LogP contribution is -2.04. The molecule has 3 heterocycles. The van der Waals surface area contributed by atoms with Crippen LogP contribution < -0.4 is 0 Å². The molecule has 1 N–H and O–H groups in total. The second-order valence-electron chi connectivity index (χ2n) is 4.39. The Labute approximate surface area is 123 Å². The van der Waals surface area contributed by atoms with Gasteiger partial charge in [-0.3, -0.25) is 9.38 Å². The van der Waals surface area contributed by atoms with Crippen molar-refractivity contribution in [3.05, 3.63) is 52.5 Å². The highest BCUT2D eigenvalue weighted by Gasteiger charge is 2.20. The molecule has 0 radical (unpaired) electrons. The molecule has 0 fully saturated rings. The number of imidazole rings is 1. The van der Waals surface area contributed by atoms with Crippen LogP contribution in [0.2, 0.25) is 0 Å². The van der Waals surface area contributed by atoms with Crippen LogP contribution in [0.4, 0.5) is 0 Å². The van der Waals surface area contributed by atoms with E-state index >= 15 is 0 Å². The molecule has 5 nitrogen and oxygen atoms in total. The Morgan fingerprint density at radius 3 is 2.90 bits per heavy atom. The van der Waals surface area contributed by atoms with Gasteiger partial charge in [0.25, 0.3) is 0 Å². The highest BCUT2D eigenvalue weighted by atomic mass is 79.9. The van der Waals surface area contributed by atoms with E-state index in [4.69, 9.17) is 0 Å². The van der Waals surface area contributed by atoms with Gasteiger partial charge in [-0.15, -0.1) is 0 Å². The normalized spacial score (nSPS) is 10.9. The fourth-order valence-electron chi connectivity index (χ4n) is 2.07. The average Bonchev–Trinajstić information content (AvgIpc) is 2.79. The Morgan fingerprint density at radius 2 is 2.25 bits per heavy atom. The summed E-state index contributed by atoms with van der Waals surface area (Å²) in [6.45, 7) is 1.93. The van der Waals surface area contributed by atoms with Gasteiger partial charge < -0.3 is 5.11 Å². The summed E-state index contributed by atoms with van der Waals surface area (Å²) in [4.78, 5) is 20.0. The number of rotatable bonds is 2. The summed E-state index contributed by atoms with van der Waals surface area (Å²) in [5.74, 6) is -1.02. The van der Waals surface area contributed by atoms with Crippen molar-refractivity contribution in [2.45, 2.75) is 6.92 Å². The van der Waals surface area contributed by atoms with Gasteiger partial charge in [0.2, 0.25) is 0 Å². The van der Waals surface area contributed by atoms with E-state index in [2.05, 4.69) is 25.9 Å². The molecular weight excluding hydrogens is 322 g/mol. The highest BCUT2D eigenvalue weighted by Crippen LogP contribution is 2.26. The molecule has 0 aliphatic carbocycles. The van der Waals surface area contributed by atoms with E-state index in [1.165, 1.54) is 0 Å². The molecule has 3 aromatic heterocycles. The Hall–Kier alpha value is -2.21. The molecule has 0 unspecified atom stereocenters. The molecule has 100 valence electrons. The van der Waals surface area contributed by atoms with Gasteiger partial charge in [-0.1, -0.05) is 0 Å². The fraction of sp³-hybridized carbons (Fsp3) is 0.0714. The molecule has 20 heavy (non-hydrogen) atoms. The molecule has 0 saturated heterocycles. The van der Waals surface area contributed by atoms with E-state index < -0.39 is 5.97 Å². The van der Waals surface area contributed by atoms with Gasteiger partial charge in [0.05, 0.1) is 0 Å². The maximum atomic E-state index is 11.6. The first-order valence-electron chi connectivity index (χ1n) is 5.90. The number of hydrogen-bond acceptors (Lipinski definition) is 3. The molecule has 0 atom stereocenters.